The fourth-order valence-corrected chi connectivity index (χ4v) is 4.68. The highest BCUT2D eigenvalue weighted by molar-refractivity contribution is 9.10. The van der Waals surface area contributed by atoms with Crippen molar-refractivity contribution in [2.45, 2.75) is 0 Å². The number of esters is 1. The van der Waals surface area contributed by atoms with E-state index in [-0.39, 0.29) is 5.91 Å². The van der Waals surface area contributed by atoms with Crippen molar-refractivity contribution in [2.75, 3.05) is 0 Å². The van der Waals surface area contributed by atoms with Crippen molar-refractivity contribution in [3.8, 4) is 5.75 Å². The molecule has 0 saturated heterocycles. The van der Waals surface area contributed by atoms with Gasteiger partial charge >= 0.3 is 5.97 Å². The summed E-state index contributed by atoms with van der Waals surface area (Å²) in [4.78, 5) is 25.2. The zero-order valence-electron chi connectivity index (χ0n) is 15.8. The van der Waals surface area contributed by atoms with Gasteiger partial charge in [0.2, 0.25) is 0 Å². The molecule has 4 rings (SSSR count). The van der Waals surface area contributed by atoms with Crippen LogP contribution in [0.25, 0.3) is 10.1 Å². The number of hydrazone groups is 1. The maximum atomic E-state index is 12.6. The Labute approximate surface area is 195 Å². The summed E-state index contributed by atoms with van der Waals surface area (Å²) < 4.78 is 7.09. The van der Waals surface area contributed by atoms with E-state index in [2.05, 4.69) is 26.5 Å². The standard InChI is InChI=1S/C23H14BrClN2O3S/c24-18-10-3-1-8-16(18)22(28)27-26-13-14-6-5-7-15(12-14)30-23(29)21-20(25)17-9-2-4-11-19(17)31-21/h1-13H,(H,27,28)/b26-13-. The molecule has 1 amide bonds. The summed E-state index contributed by atoms with van der Waals surface area (Å²) in [6.07, 6.45) is 1.47. The lowest BCUT2D eigenvalue weighted by Gasteiger charge is -2.04. The van der Waals surface area contributed by atoms with Gasteiger partial charge in [-0.25, -0.2) is 10.2 Å². The molecule has 0 aliphatic heterocycles. The van der Waals surface area contributed by atoms with Gasteiger partial charge in [0.05, 0.1) is 16.8 Å². The summed E-state index contributed by atoms with van der Waals surface area (Å²) in [6, 6.07) is 21.4. The SMILES string of the molecule is O=C(N/N=C\c1cccc(OC(=O)c2sc3ccccc3c2Cl)c1)c1ccccc1Br. The number of carbonyl (C=O) groups excluding carboxylic acids is 2. The van der Waals surface area contributed by atoms with E-state index in [0.29, 0.717) is 31.2 Å². The highest BCUT2D eigenvalue weighted by Gasteiger charge is 2.19. The summed E-state index contributed by atoms with van der Waals surface area (Å²) in [5, 5.41) is 5.18. The van der Waals surface area contributed by atoms with Crippen LogP contribution in [0.1, 0.15) is 25.6 Å². The molecule has 0 saturated carbocycles. The lowest BCUT2D eigenvalue weighted by Crippen LogP contribution is -2.18. The number of hydrogen-bond acceptors (Lipinski definition) is 5. The fraction of sp³-hybridized carbons (Fsp3) is 0. The molecule has 0 bridgehead atoms. The fourth-order valence-electron chi connectivity index (χ4n) is 2.83. The van der Waals surface area contributed by atoms with Crippen molar-refractivity contribution in [3.05, 3.63) is 98.3 Å². The molecule has 4 aromatic rings. The number of nitrogens with zero attached hydrogens (tertiary/aromatic N) is 1. The molecule has 5 nitrogen and oxygen atoms in total. The Morgan fingerprint density at radius 1 is 1.03 bits per heavy atom. The predicted octanol–water partition coefficient (Wildman–Crippen LogP) is 6.30. The van der Waals surface area contributed by atoms with Gasteiger partial charge in [-0.3, -0.25) is 4.79 Å². The van der Waals surface area contributed by atoms with Crippen LogP contribution in [-0.4, -0.2) is 18.1 Å². The first-order chi connectivity index (χ1) is 15.0. The zero-order valence-corrected chi connectivity index (χ0v) is 19.0. The second kappa shape index (κ2) is 9.43. The molecular formula is C23H14BrClN2O3S. The average Bonchev–Trinajstić information content (AvgIpc) is 3.11. The van der Waals surface area contributed by atoms with Crippen LogP contribution in [0.15, 0.2) is 82.4 Å². The van der Waals surface area contributed by atoms with Gasteiger partial charge in [0.15, 0.2) is 0 Å². The highest BCUT2D eigenvalue weighted by Crippen LogP contribution is 2.35. The van der Waals surface area contributed by atoms with Gasteiger partial charge in [0.25, 0.3) is 5.91 Å². The maximum absolute atomic E-state index is 12.6. The lowest BCUT2D eigenvalue weighted by molar-refractivity contribution is 0.0740. The molecule has 1 heterocycles. The van der Waals surface area contributed by atoms with Gasteiger partial charge in [-0.05, 0) is 51.8 Å². The molecule has 0 atom stereocenters. The zero-order chi connectivity index (χ0) is 21.8. The van der Waals surface area contributed by atoms with Gasteiger partial charge in [0.1, 0.15) is 10.6 Å². The molecule has 0 aliphatic rings. The first kappa shape index (κ1) is 21.2. The summed E-state index contributed by atoms with van der Waals surface area (Å²) in [5.41, 5.74) is 3.60. The van der Waals surface area contributed by atoms with Crippen molar-refractivity contribution in [3.63, 3.8) is 0 Å². The molecule has 0 unspecified atom stereocenters. The number of nitrogens with one attached hydrogen (secondary N) is 1. The second-order valence-electron chi connectivity index (χ2n) is 6.38. The van der Waals surface area contributed by atoms with Crippen LogP contribution < -0.4 is 10.2 Å². The van der Waals surface area contributed by atoms with Crippen molar-refractivity contribution in [1.29, 1.82) is 0 Å². The third-order valence-corrected chi connectivity index (χ3v) is 6.63. The van der Waals surface area contributed by atoms with E-state index in [4.69, 9.17) is 16.3 Å². The molecule has 0 radical (unpaired) electrons. The van der Waals surface area contributed by atoms with E-state index in [1.54, 1.807) is 42.5 Å². The molecule has 154 valence electrons. The Balaban J connectivity index is 1.45. The van der Waals surface area contributed by atoms with Crippen LogP contribution >= 0.6 is 38.9 Å². The van der Waals surface area contributed by atoms with Gasteiger partial charge in [-0.15, -0.1) is 11.3 Å². The van der Waals surface area contributed by atoms with Gasteiger partial charge < -0.3 is 4.74 Å². The summed E-state index contributed by atoms with van der Waals surface area (Å²) >= 11 is 11.0. The third-order valence-electron chi connectivity index (χ3n) is 4.29. The summed E-state index contributed by atoms with van der Waals surface area (Å²) in [7, 11) is 0. The second-order valence-corrected chi connectivity index (χ2v) is 8.67. The van der Waals surface area contributed by atoms with E-state index in [9.17, 15) is 9.59 Å². The van der Waals surface area contributed by atoms with E-state index in [1.165, 1.54) is 17.6 Å². The van der Waals surface area contributed by atoms with E-state index >= 15 is 0 Å². The third kappa shape index (κ3) is 4.85. The van der Waals surface area contributed by atoms with E-state index in [1.807, 2.05) is 30.3 Å². The Kier molecular flexibility index (Phi) is 6.46. The molecule has 0 aliphatic carbocycles. The monoisotopic (exact) mass is 512 g/mol. The number of thiophene rings is 1. The molecule has 31 heavy (non-hydrogen) atoms. The number of rotatable bonds is 5. The largest absolute Gasteiger partial charge is 0.422 e. The Hall–Kier alpha value is -3.00. The molecular weight excluding hydrogens is 500 g/mol. The minimum absolute atomic E-state index is 0.342. The Bertz CT molecular complexity index is 1320. The first-order valence-electron chi connectivity index (χ1n) is 9.10. The van der Waals surface area contributed by atoms with Crippen LogP contribution in [0.2, 0.25) is 5.02 Å². The molecule has 0 fully saturated rings. The van der Waals surface area contributed by atoms with Crippen molar-refractivity contribution in [1.82, 2.24) is 5.43 Å². The Morgan fingerprint density at radius 2 is 1.81 bits per heavy atom. The molecule has 8 heteroatoms. The summed E-state index contributed by atoms with van der Waals surface area (Å²) in [6.45, 7) is 0. The topological polar surface area (TPSA) is 67.8 Å². The number of carbonyl (C=O) groups is 2. The molecule has 3 aromatic carbocycles. The smallest absolute Gasteiger partial charge is 0.355 e. The van der Waals surface area contributed by atoms with Crippen LogP contribution in [0, 0.1) is 0 Å². The van der Waals surface area contributed by atoms with E-state index in [0.717, 1.165) is 10.1 Å². The van der Waals surface area contributed by atoms with Gasteiger partial charge in [-0.1, -0.05) is 54.1 Å². The normalized spacial score (nSPS) is 11.0. The molecule has 0 spiro atoms. The minimum atomic E-state index is -0.525. The van der Waals surface area contributed by atoms with Crippen molar-refractivity contribution < 1.29 is 14.3 Å². The highest BCUT2D eigenvalue weighted by atomic mass is 79.9. The van der Waals surface area contributed by atoms with Crippen molar-refractivity contribution in [2.24, 2.45) is 5.10 Å². The Morgan fingerprint density at radius 3 is 2.61 bits per heavy atom. The maximum Gasteiger partial charge on any atom is 0.355 e. The predicted molar refractivity (Wildman–Crippen MR) is 127 cm³/mol. The molecule has 1 aromatic heterocycles. The quantitative estimate of drug-likeness (QED) is 0.147. The summed E-state index contributed by atoms with van der Waals surface area (Å²) in [5.74, 6) is -0.521. The van der Waals surface area contributed by atoms with Crippen LogP contribution in [0.4, 0.5) is 0 Å². The lowest BCUT2D eigenvalue weighted by atomic mass is 10.2. The number of ether oxygens (including phenoxy) is 1. The number of hydrogen-bond donors (Lipinski definition) is 1. The van der Waals surface area contributed by atoms with Crippen LogP contribution in [-0.2, 0) is 0 Å². The molecule has 1 N–H and O–H groups in total. The van der Waals surface area contributed by atoms with Crippen molar-refractivity contribution >= 4 is 67.0 Å². The number of benzene rings is 3. The average molecular weight is 514 g/mol. The van der Waals surface area contributed by atoms with Gasteiger partial charge in [0, 0.05) is 14.6 Å². The van der Waals surface area contributed by atoms with Gasteiger partial charge in [-0.2, -0.15) is 5.10 Å². The van der Waals surface area contributed by atoms with E-state index < -0.39 is 5.97 Å². The number of amides is 1. The van der Waals surface area contributed by atoms with Crippen LogP contribution in [0.5, 0.6) is 5.75 Å². The number of fused-ring (bicyclic) bond motifs is 1. The first-order valence-corrected chi connectivity index (χ1v) is 11.1. The van der Waals surface area contributed by atoms with Crippen LogP contribution in [0.3, 0.4) is 0 Å². The minimum Gasteiger partial charge on any atom is -0.422 e. The number of halogens is 2.